The average molecular weight is 405 g/mol. The Labute approximate surface area is 170 Å². The summed E-state index contributed by atoms with van der Waals surface area (Å²) >= 11 is 6.23. The highest BCUT2D eigenvalue weighted by Gasteiger charge is 2.21. The molecule has 0 heterocycles. The van der Waals surface area contributed by atoms with Crippen molar-refractivity contribution in [3.05, 3.63) is 70.2 Å². The number of hydrogen-bond acceptors (Lipinski definition) is 4. The van der Waals surface area contributed by atoms with E-state index in [1.807, 2.05) is 31.2 Å². The molecule has 0 aliphatic heterocycles. The van der Waals surface area contributed by atoms with E-state index in [4.69, 9.17) is 21.1 Å². The van der Waals surface area contributed by atoms with Crippen molar-refractivity contribution in [3.8, 4) is 0 Å². The van der Waals surface area contributed by atoms with Gasteiger partial charge in [-0.05, 0) is 29.7 Å². The normalized spacial score (nSPS) is 11.5. The van der Waals surface area contributed by atoms with Crippen molar-refractivity contribution < 1.29 is 19.1 Å². The molecule has 7 heteroatoms. The predicted molar refractivity (Wildman–Crippen MR) is 108 cm³/mol. The highest BCUT2D eigenvalue weighted by atomic mass is 35.5. The van der Waals surface area contributed by atoms with E-state index in [0.29, 0.717) is 30.3 Å². The summed E-state index contributed by atoms with van der Waals surface area (Å²) in [5.41, 5.74) is 2.64. The van der Waals surface area contributed by atoms with Gasteiger partial charge in [0.05, 0.1) is 26.2 Å². The zero-order chi connectivity index (χ0) is 20.4. The maximum absolute atomic E-state index is 12.5. The Balaban J connectivity index is 2.04. The van der Waals surface area contributed by atoms with Crippen LogP contribution < -0.4 is 10.6 Å². The molecule has 2 amide bonds. The van der Waals surface area contributed by atoms with Crippen LogP contribution in [0.3, 0.4) is 0 Å². The third kappa shape index (κ3) is 6.55. The molecular formula is C21H25ClN2O4. The van der Waals surface area contributed by atoms with Crippen LogP contribution in [-0.4, -0.2) is 25.7 Å². The number of esters is 1. The largest absolute Gasteiger partial charge is 0.469 e. The maximum atomic E-state index is 12.5. The first-order valence-electron chi connectivity index (χ1n) is 9.05. The Hall–Kier alpha value is -2.57. The van der Waals surface area contributed by atoms with Crippen LogP contribution in [0, 0.1) is 0 Å². The zero-order valence-corrected chi connectivity index (χ0v) is 16.8. The first-order chi connectivity index (χ1) is 13.5. The number of carbonyl (C=O) groups is 2. The average Bonchev–Trinajstić information content (AvgIpc) is 2.71. The smallest absolute Gasteiger partial charge is 0.315 e. The Morgan fingerprint density at radius 2 is 1.75 bits per heavy atom. The van der Waals surface area contributed by atoms with E-state index in [2.05, 4.69) is 10.6 Å². The monoisotopic (exact) mass is 404 g/mol. The van der Waals surface area contributed by atoms with Crippen molar-refractivity contribution in [2.75, 3.05) is 13.7 Å². The van der Waals surface area contributed by atoms with Gasteiger partial charge in [0, 0.05) is 18.2 Å². The highest BCUT2D eigenvalue weighted by molar-refractivity contribution is 6.31. The summed E-state index contributed by atoms with van der Waals surface area (Å²) in [5, 5.41) is 6.10. The molecule has 0 bridgehead atoms. The van der Waals surface area contributed by atoms with Crippen LogP contribution in [-0.2, 0) is 27.4 Å². The maximum Gasteiger partial charge on any atom is 0.315 e. The lowest BCUT2D eigenvalue weighted by atomic mass is 10.0. The zero-order valence-electron chi connectivity index (χ0n) is 16.0. The van der Waals surface area contributed by atoms with Crippen molar-refractivity contribution in [1.82, 2.24) is 10.6 Å². The summed E-state index contributed by atoms with van der Waals surface area (Å²) in [5.74, 6) is -0.438. The number of amides is 2. The Kier molecular flexibility index (Phi) is 8.78. The number of urea groups is 1. The topological polar surface area (TPSA) is 76.7 Å². The van der Waals surface area contributed by atoms with Gasteiger partial charge in [0.25, 0.3) is 0 Å². The molecule has 2 N–H and O–H groups in total. The number of halogens is 1. The molecule has 0 saturated carbocycles. The third-order valence-electron chi connectivity index (χ3n) is 4.20. The van der Waals surface area contributed by atoms with E-state index >= 15 is 0 Å². The van der Waals surface area contributed by atoms with Crippen molar-refractivity contribution in [2.45, 2.75) is 32.5 Å². The van der Waals surface area contributed by atoms with Crippen LogP contribution in [0.15, 0.2) is 48.5 Å². The van der Waals surface area contributed by atoms with Gasteiger partial charge >= 0.3 is 12.0 Å². The number of ether oxygens (including phenoxy) is 2. The van der Waals surface area contributed by atoms with Crippen LogP contribution in [0.1, 0.15) is 36.1 Å². The van der Waals surface area contributed by atoms with Crippen molar-refractivity contribution in [3.63, 3.8) is 0 Å². The van der Waals surface area contributed by atoms with Gasteiger partial charge in [-0.25, -0.2) is 4.79 Å². The van der Waals surface area contributed by atoms with E-state index in [-0.39, 0.29) is 6.42 Å². The Morgan fingerprint density at radius 3 is 2.43 bits per heavy atom. The lowest BCUT2D eigenvalue weighted by molar-refractivity contribution is -0.141. The second-order valence-electron chi connectivity index (χ2n) is 6.09. The number of methoxy groups -OCH3 is 1. The molecule has 0 spiro atoms. The number of rotatable bonds is 9. The molecule has 0 aliphatic rings. The van der Waals surface area contributed by atoms with Crippen LogP contribution in [0.25, 0.3) is 0 Å². The van der Waals surface area contributed by atoms with Gasteiger partial charge in [0.1, 0.15) is 0 Å². The summed E-state index contributed by atoms with van der Waals surface area (Å²) in [4.78, 5) is 24.2. The van der Waals surface area contributed by atoms with E-state index in [9.17, 15) is 9.59 Å². The minimum Gasteiger partial charge on any atom is -0.469 e. The first kappa shape index (κ1) is 21.7. The molecule has 1 unspecified atom stereocenters. The van der Waals surface area contributed by atoms with Crippen molar-refractivity contribution >= 4 is 23.6 Å². The van der Waals surface area contributed by atoms with Crippen molar-refractivity contribution in [2.24, 2.45) is 0 Å². The number of hydrogen-bond donors (Lipinski definition) is 2. The van der Waals surface area contributed by atoms with Gasteiger partial charge in [0.2, 0.25) is 0 Å². The molecule has 2 rings (SSSR count). The molecule has 0 aliphatic carbocycles. The van der Waals surface area contributed by atoms with Crippen LogP contribution in [0.4, 0.5) is 4.79 Å². The summed E-state index contributed by atoms with van der Waals surface area (Å²) < 4.78 is 10.2. The standard InChI is InChI=1S/C21H25ClN2O4/c1-3-28-14-16-9-5-4-8-15(16)13-23-21(26)24-19(12-20(25)27-2)17-10-6-7-11-18(17)22/h4-11,19H,3,12-14H2,1-2H3,(H2,23,24,26). The van der Waals surface area contributed by atoms with Crippen LogP contribution >= 0.6 is 11.6 Å². The fraction of sp³-hybridized carbons (Fsp3) is 0.333. The van der Waals surface area contributed by atoms with Gasteiger partial charge in [-0.1, -0.05) is 54.1 Å². The van der Waals surface area contributed by atoms with Crippen LogP contribution in [0.2, 0.25) is 5.02 Å². The Morgan fingerprint density at radius 1 is 1.07 bits per heavy atom. The predicted octanol–water partition coefficient (Wildman–Crippen LogP) is 3.98. The summed E-state index contributed by atoms with van der Waals surface area (Å²) in [6, 6.07) is 13.8. The quantitative estimate of drug-likeness (QED) is 0.620. The van der Waals surface area contributed by atoms with E-state index in [1.54, 1.807) is 24.3 Å². The first-order valence-corrected chi connectivity index (χ1v) is 9.43. The second-order valence-corrected chi connectivity index (χ2v) is 6.49. The molecule has 2 aromatic rings. The van der Waals surface area contributed by atoms with E-state index in [0.717, 1.165) is 11.1 Å². The molecule has 1 atom stereocenters. The van der Waals surface area contributed by atoms with Gasteiger partial charge in [-0.3, -0.25) is 4.79 Å². The molecule has 0 saturated heterocycles. The molecular weight excluding hydrogens is 380 g/mol. The van der Waals surface area contributed by atoms with E-state index in [1.165, 1.54) is 7.11 Å². The highest BCUT2D eigenvalue weighted by Crippen LogP contribution is 2.25. The SMILES string of the molecule is CCOCc1ccccc1CNC(=O)NC(CC(=O)OC)c1ccccc1Cl. The van der Waals surface area contributed by atoms with Gasteiger partial charge in [0.15, 0.2) is 0 Å². The summed E-state index contributed by atoms with van der Waals surface area (Å²) in [6.07, 6.45) is -0.0193. The minimum atomic E-state index is -0.597. The van der Waals surface area contributed by atoms with Crippen molar-refractivity contribution in [1.29, 1.82) is 0 Å². The second kappa shape index (κ2) is 11.3. The van der Waals surface area contributed by atoms with Gasteiger partial charge in [-0.2, -0.15) is 0 Å². The molecule has 0 radical (unpaired) electrons. The number of carbonyl (C=O) groups excluding carboxylic acids is 2. The lowest BCUT2D eigenvalue weighted by Gasteiger charge is -2.20. The van der Waals surface area contributed by atoms with Gasteiger partial charge in [-0.15, -0.1) is 0 Å². The Bertz CT molecular complexity index is 797. The molecule has 0 aromatic heterocycles. The molecule has 2 aromatic carbocycles. The number of nitrogens with one attached hydrogen (secondary N) is 2. The lowest BCUT2D eigenvalue weighted by Crippen LogP contribution is -2.38. The third-order valence-corrected chi connectivity index (χ3v) is 4.55. The van der Waals surface area contributed by atoms with Gasteiger partial charge < -0.3 is 20.1 Å². The number of benzene rings is 2. The summed E-state index contributed by atoms with van der Waals surface area (Å²) in [7, 11) is 1.31. The molecule has 28 heavy (non-hydrogen) atoms. The van der Waals surface area contributed by atoms with E-state index < -0.39 is 18.0 Å². The fourth-order valence-corrected chi connectivity index (χ4v) is 2.98. The fourth-order valence-electron chi connectivity index (χ4n) is 2.71. The molecule has 6 nitrogen and oxygen atoms in total. The molecule has 0 fully saturated rings. The summed E-state index contributed by atoms with van der Waals surface area (Å²) in [6.45, 7) is 3.38. The van der Waals surface area contributed by atoms with Crippen LogP contribution in [0.5, 0.6) is 0 Å². The minimum absolute atomic E-state index is 0.0193. The molecule has 150 valence electrons.